The minimum atomic E-state index is -0.698. The van der Waals surface area contributed by atoms with Crippen molar-refractivity contribution in [2.75, 3.05) is 6.54 Å². The Morgan fingerprint density at radius 2 is 2.17 bits per heavy atom. The second-order valence-electron chi connectivity index (χ2n) is 4.22. The number of benzene rings is 1. The Hall–Kier alpha value is -1.65. The third-order valence-electron chi connectivity index (χ3n) is 2.84. The summed E-state index contributed by atoms with van der Waals surface area (Å²) < 4.78 is 18.2. The molecule has 0 aliphatic rings. The molecule has 96 valence electrons. The summed E-state index contributed by atoms with van der Waals surface area (Å²) in [5.74, 6) is 0.265. The number of hydrogen-bond donors (Lipinski definition) is 2. The lowest BCUT2D eigenvalue weighted by Crippen LogP contribution is -2.24. The van der Waals surface area contributed by atoms with Gasteiger partial charge in [0.1, 0.15) is 17.7 Å². The number of furan rings is 1. The maximum atomic E-state index is 13.1. The van der Waals surface area contributed by atoms with Crippen LogP contribution in [0.15, 0.2) is 47.1 Å². The Morgan fingerprint density at radius 3 is 2.83 bits per heavy atom. The molecule has 2 rings (SSSR count). The summed E-state index contributed by atoms with van der Waals surface area (Å²) in [5, 5.41) is 13.0. The predicted octanol–water partition coefficient (Wildman–Crippen LogP) is 2.80. The molecule has 0 fully saturated rings. The van der Waals surface area contributed by atoms with Gasteiger partial charge in [-0.2, -0.15) is 0 Å². The minimum absolute atomic E-state index is 0.0367. The van der Waals surface area contributed by atoms with E-state index in [-0.39, 0.29) is 11.9 Å². The quantitative estimate of drug-likeness (QED) is 0.856. The van der Waals surface area contributed by atoms with Crippen LogP contribution in [0.1, 0.15) is 30.4 Å². The zero-order chi connectivity index (χ0) is 13.0. The molecular weight excluding hydrogens is 233 g/mol. The van der Waals surface area contributed by atoms with Crippen molar-refractivity contribution in [3.63, 3.8) is 0 Å². The van der Waals surface area contributed by atoms with Crippen molar-refractivity contribution in [3.05, 3.63) is 59.8 Å². The van der Waals surface area contributed by atoms with E-state index in [9.17, 15) is 9.50 Å². The van der Waals surface area contributed by atoms with Crippen LogP contribution < -0.4 is 5.32 Å². The third-order valence-corrected chi connectivity index (χ3v) is 2.84. The highest BCUT2D eigenvalue weighted by molar-refractivity contribution is 5.19. The van der Waals surface area contributed by atoms with Crippen LogP contribution in [-0.4, -0.2) is 11.7 Å². The molecule has 2 atom stereocenters. The molecule has 0 saturated carbocycles. The first-order valence-corrected chi connectivity index (χ1v) is 5.87. The van der Waals surface area contributed by atoms with Crippen LogP contribution in [0.5, 0.6) is 0 Å². The van der Waals surface area contributed by atoms with E-state index in [2.05, 4.69) is 5.32 Å². The first kappa shape index (κ1) is 12.8. The molecule has 0 radical (unpaired) electrons. The van der Waals surface area contributed by atoms with E-state index in [1.807, 2.05) is 13.0 Å². The molecule has 18 heavy (non-hydrogen) atoms. The summed E-state index contributed by atoms with van der Waals surface area (Å²) in [6, 6.07) is 9.83. The molecule has 2 N–H and O–H groups in total. The van der Waals surface area contributed by atoms with Gasteiger partial charge in [-0.1, -0.05) is 12.1 Å². The molecule has 4 heteroatoms. The standard InChI is InChI=1S/C14H16FNO2/c1-10(11-4-2-5-12(15)8-11)16-9-13(17)14-6-3-7-18-14/h2-8,10,13,16-17H,9H2,1H3/t10-,13?/m1/s1. The lowest BCUT2D eigenvalue weighted by atomic mass is 10.1. The highest BCUT2D eigenvalue weighted by atomic mass is 19.1. The molecule has 0 aliphatic heterocycles. The summed E-state index contributed by atoms with van der Waals surface area (Å²) in [7, 11) is 0. The molecular formula is C14H16FNO2. The number of hydrogen-bond acceptors (Lipinski definition) is 3. The summed E-state index contributed by atoms with van der Waals surface area (Å²) in [6.45, 7) is 2.27. The number of aliphatic hydroxyl groups excluding tert-OH is 1. The first-order chi connectivity index (χ1) is 8.66. The van der Waals surface area contributed by atoms with Crippen LogP contribution in [0.25, 0.3) is 0 Å². The Balaban J connectivity index is 1.90. The first-order valence-electron chi connectivity index (χ1n) is 5.87. The Bertz CT molecular complexity index is 484. The van der Waals surface area contributed by atoms with Crippen molar-refractivity contribution in [1.29, 1.82) is 0 Å². The monoisotopic (exact) mass is 249 g/mol. The van der Waals surface area contributed by atoms with Crippen molar-refractivity contribution >= 4 is 0 Å². The van der Waals surface area contributed by atoms with Gasteiger partial charge in [0.25, 0.3) is 0 Å². The van der Waals surface area contributed by atoms with Crippen molar-refractivity contribution in [1.82, 2.24) is 5.32 Å². The summed E-state index contributed by atoms with van der Waals surface area (Å²) >= 11 is 0. The van der Waals surface area contributed by atoms with Gasteiger partial charge in [-0.15, -0.1) is 0 Å². The molecule has 1 unspecified atom stereocenters. The highest BCUT2D eigenvalue weighted by Crippen LogP contribution is 2.16. The lowest BCUT2D eigenvalue weighted by Gasteiger charge is -2.16. The van der Waals surface area contributed by atoms with E-state index in [4.69, 9.17) is 4.42 Å². The van der Waals surface area contributed by atoms with E-state index in [0.29, 0.717) is 12.3 Å². The van der Waals surface area contributed by atoms with Crippen LogP contribution >= 0.6 is 0 Å². The van der Waals surface area contributed by atoms with Crippen LogP contribution in [0, 0.1) is 5.82 Å². The average molecular weight is 249 g/mol. The van der Waals surface area contributed by atoms with Gasteiger partial charge in [0.2, 0.25) is 0 Å². The van der Waals surface area contributed by atoms with E-state index in [0.717, 1.165) is 5.56 Å². The fourth-order valence-corrected chi connectivity index (χ4v) is 1.76. The Morgan fingerprint density at radius 1 is 1.33 bits per heavy atom. The SMILES string of the molecule is C[C@@H](NCC(O)c1ccco1)c1cccc(F)c1. The summed E-state index contributed by atoms with van der Waals surface area (Å²) in [4.78, 5) is 0. The summed E-state index contributed by atoms with van der Waals surface area (Å²) in [5.41, 5.74) is 0.849. The van der Waals surface area contributed by atoms with Crippen molar-refractivity contribution in [2.45, 2.75) is 19.1 Å². The fraction of sp³-hybridized carbons (Fsp3) is 0.286. The molecule has 0 amide bonds. The minimum Gasteiger partial charge on any atom is -0.467 e. The largest absolute Gasteiger partial charge is 0.467 e. The molecule has 0 spiro atoms. The van der Waals surface area contributed by atoms with E-state index >= 15 is 0 Å². The van der Waals surface area contributed by atoms with Crippen molar-refractivity contribution in [3.8, 4) is 0 Å². The number of aliphatic hydroxyl groups is 1. The van der Waals surface area contributed by atoms with Crippen LogP contribution in [-0.2, 0) is 0 Å². The maximum Gasteiger partial charge on any atom is 0.133 e. The molecule has 0 aliphatic carbocycles. The van der Waals surface area contributed by atoms with Gasteiger partial charge >= 0.3 is 0 Å². The van der Waals surface area contributed by atoms with Crippen LogP contribution in [0.2, 0.25) is 0 Å². The molecule has 2 aromatic rings. The zero-order valence-corrected chi connectivity index (χ0v) is 10.1. The fourth-order valence-electron chi connectivity index (χ4n) is 1.76. The predicted molar refractivity (Wildman–Crippen MR) is 66.5 cm³/mol. The Kier molecular flexibility index (Phi) is 4.12. The Labute approximate surface area is 105 Å². The van der Waals surface area contributed by atoms with E-state index < -0.39 is 6.10 Å². The van der Waals surface area contributed by atoms with E-state index in [1.54, 1.807) is 18.2 Å². The van der Waals surface area contributed by atoms with Gasteiger partial charge < -0.3 is 14.8 Å². The van der Waals surface area contributed by atoms with Gasteiger partial charge in [0.05, 0.1) is 6.26 Å². The lowest BCUT2D eigenvalue weighted by molar-refractivity contribution is 0.144. The van der Waals surface area contributed by atoms with Crippen LogP contribution in [0.4, 0.5) is 4.39 Å². The smallest absolute Gasteiger partial charge is 0.133 e. The van der Waals surface area contributed by atoms with Gasteiger partial charge in [-0.3, -0.25) is 0 Å². The maximum absolute atomic E-state index is 13.1. The molecule has 1 aromatic carbocycles. The third kappa shape index (κ3) is 3.18. The average Bonchev–Trinajstić information content (AvgIpc) is 2.89. The van der Waals surface area contributed by atoms with Gasteiger partial charge in [-0.05, 0) is 36.8 Å². The zero-order valence-electron chi connectivity index (χ0n) is 10.1. The number of halogens is 1. The van der Waals surface area contributed by atoms with Crippen LogP contribution in [0.3, 0.4) is 0 Å². The highest BCUT2D eigenvalue weighted by Gasteiger charge is 2.12. The molecule has 1 aromatic heterocycles. The van der Waals surface area contributed by atoms with Crippen molar-refractivity contribution in [2.24, 2.45) is 0 Å². The normalized spacial score (nSPS) is 14.4. The molecule has 1 heterocycles. The molecule has 3 nitrogen and oxygen atoms in total. The van der Waals surface area contributed by atoms with E-state index in [1.165, 1.54) is 18.4 Å². The second kappa shape index (κ2) is 5.80. The van der Waals surface area contributed by atoms with Crippen molar-refractivity contribution < 1.29 is 13.9 Å². The summed E-state index contributed by atoms with van der Waals surface area (Å²) in [6.07, 6.45) is 0.824. The van der Waals surface area contributed by atoms with Gasteiger partial charge in [-0.25, -0.2) is 4.39 Å². The van der Waals surface area contributed by atoms with Gasteiger partial charge in [0, 0.05) is 12.6 Å². The topological polar surface area (TPSA) is 45.4 Å². The number of rotatable bonds is 5. The molecule has 0 saturated heterocycles. The number of nitrogens with one attached hydrogen (secondary N) is 1. The van der Waals surface area contributed by atoms with Gasteiger partial charge in [0.15, 0.2) is 0 Å². The second-order valence-corrected chi connectivity index (χ2v) is 4.22. The molecule has 0 bridgehead atoms.